The molecule has 2 aromatic rings. The van der Waals surface area contributed by atoms with Gasteiger partial charge in [0.05, 0.1) is 19.8 Å². The average molecular weight is 401 g/mol. The molecule has 1 aromatic heterocycles. The van der Waals surface area contributed by atoms with Crippen LogP contribution in [0.5, 0.6) is 0 Å². The number of nitrogens with zero attached hydrogens (tertiary/aromatic N) is 1. The van der Waals surface area contributed by atoms with E-state index in [1.807, 2.05) is 0 Å². The number of carbonyl (C=O) groups excluding carboxylic acids is 1. The van der Waals surface area contributed by atoms with Crippen molar-refractivity contribution in [1.82, 2.24) is 9.62 Å². The van der Waals surface area contributed by atoms with E-state index in [-0.39, 0.29) is 16.7 Å². The van der Waals surface area contributed by atoms with Crippen LogP contribution in [0.1, 0.15) is 15.2 Å². The molecule has 1 fully saturated rings. The van der Waals surface area contributed by atoms with Gasteiger partial charge >= 0.3 is 0 Å². The van der Waals surface area contributed by atoms with Crippen molar-refractivity contribution < 1.29 is 17.9 Å². The number of nitrogens with one attached hydrogen (secondary N) is 1. The summed E-state index contributed by atoms with van der Waals surface area (Å²) in [5.74, 6) is -0.234. The monoisotopic (exact) mass is 400 g/mol. The Labute approximate surface area is 155 Å². The molecule has 0 bridgehead atoms. The predicted octanol–water partition coefficient (Wildman–Crippen LogP) is 2.35. The third-order valence-corrected chi connectivity index (χ3v) is 7.43. The van der Waals surface area contributed by atoms with E-state index in [1.54, 1.807) is 36.4 Å². The van der Waals surface area contributed by atoms with Crippen LogP contribution in [-0.4, -0.2) is 44.9 Å². The van der Waals surface area contributed by atoms with Gasteiger partial charge in [0.2, 0.25) is 0 Å². The van der Waals surface area contributed by atoms with Gasteiger partial charge in [-0.25, -0.2) is 8.42 Å². The number of sulfonamides is 1. The zero-order valence-electron chi connectivity index (χ0n) is 13.3. The van der Waals surface area contributed by atoms with Crippen molar-refractivity contribution in [3.8, 4) is 0 Å². The van der Waals surface area contributed by atoms with Gasteiger partial charge in [-0.3, -0.25) is 4.79 Å². The average Bonchev–Trinajstić information content (AvgIpc) is 3.11. The van der Waals surface area contributed by atoms with Gasteiger partial charge in [0.1, 0.15) is 4.21 Å². The van der Waals surface area contributed by atoms with Crippen molar-refractivity contribution in [2.75, 3.05) is 26.3 Å². The first-order valence-corrected chi connectivity index (χ1v) is 10.3. The quantitative estimate of drug-likeness (QED) is 0.835. The molecule has 0 unspecified atom stereocenters. The number of thiophene rings is 1. The van der Waals surface area contributed by atoms with Crippen LogP contribution in [0.15, 0.2) is 40.6 Å². The topological polar surface area (TPSA) is 75.7 Å². The fourth-order valence-corrected chi connectivity index (χ4v) is 5.36. The maximum atomic E-state index is 12.6. The van der Waals surface area contributed by atoms with Crippen molar-refractivity contribution in [2.45, 2.75) is 10.8 Å². The van der Waals surface area contributed by atoms with Gasteiger partial charge in [-0.1, -0.05) is 11.6 Å². The lowest BCUT2D eigenvalue weighted by Gasteiger charge is -2.25. The number of rotatable bonds is 5. The first kappa shape index (κ1) is 18.3. The zero-order valence-corrected chi connectivity index (χ0v) is 15.7. The summed E-state index contributed by atoms with van der Waals surface area (Å²) in [6, 6.07) is 9.88. The number of hydrogen-bond donors (Lipinski definition) is 1. The summed E-state index contributed by atoms with van der Waals surface area (Å²) in [5, 5.41) is 3.34. The second-order valence-corrected chi connectivity index (χ2v) is 9.20. The summed E-state index contributed by atoms with van der Waals surface area (Å²) in [4.78, 5) is 12.9. The number of morpholine rings is 1. The van der Waals surface area contributed by atoms with Crippen LogP contribution in [0.25, 0.3) is 0 Å². The van der Waals surface area contributed by atoms with Crippen LogP contribution in [0.2, 0.25) is 5.02 Å². The Morgan fingerprint density at radius 1 is 1.16 bits per heavy atom. The maximum absolute atomic E-state index is 12.6. The van der Waals surface area contributed by atoms with Gasteiger partial charge < -0.3 is 10.1 Å². The lowest BCUT2D eigenvalue weighted by molar-refractivity contribution is 0.0731. The van der Waals surface area contributed by atoms with E-state index in [0.717, 1.165) is 4.88 Å². The number of benzene rings is 1. The number of halogens is 1. The van der Waals surface area contributed by atoms with Crippen LogP contribution in [0, 0.1) is 0 Å². The Morgan fingerprint density at radius 2 is 1.84 bits per heavy atom. The highest BCUT2D eigenvalue weighted by atomic mass is 35.5. The van der Waals surface area contributed by atoms with E-state index in [2.05, 4.69) is 5.32 Å². The first-order valence-electron chi connectivity index (χ1n) is 7.67. The van der Waals surface area contributed by atoms with Gasteiger partial charge in [0.25, 0.3) is 15.9 Å². The van der Waals surface area contributed by atoms with Crippen molar-refractivity contribution in [3.05, 3.63) is 51.9 Å². The SMILES string of the molecule is O=C(NCc1ccc(S(=O)(=O)N2CCOCC2)s1)c1ccc(Cl)cc1. The fraction of sp³-hybridized carbons (Fsp3) is 0.312. The number of ether oxygens (including phenoxy) is 1. The standard InChI is InChI=1S/C16H17ClN2O4S2/c17-13-3-1-12(2-4-13)16(20)18-11-14-5-6-15(24-14)25(21,22)19-7-9-23-10-8-19/h1-6H,7-11H2,(H,18,20). The van der Waals surface area contributed by atoms with Gasteiger partial charge in [0.15, 0.2) is 0 Å². The molecule has 9 heteroatoms. The summed E-state index contributed by atoms with van der Waals surface area (Å²) in [7, 11) is -3.49. The third-order valence-electron chi connectivity index (χ3n) is 3.73. The second kappa shape index (κ2) is 7.84. The molecule has 0 radical (unpaired) electrons. The summed E-state index contributed by atoms with van der Waals surface area (Å²) in [5.41, 5.74) is 0.502. The summed E-state index contributed by atoms with van der Waals surface area (Å²) in [6.45, 7) is 1.82. The summed E-state index contributed by atoms with van der Waals surface area (Å²) >= 11 is 6.97. The molecule has 3 rings (SSSR count). The summed E-state index contributed by atoms with van der Waals surface area (Å²) in [6.07, 6.45) is 0. The van der Waals surface area contributed by atoms with Crippen LogP contribution in [0.3, 0.4) is 0 Å². The van der Waals surface area contributed by atoms with E-state index in [1.165, 1.54) is 15.6 Å². The molecule has 1 saturated heterocycles. The molecule has 1 amide bonds. The largest absolute Gasteiger partial charge is 0.379 e. The molecule has 0 atom stereocenters. The van der Waals surface area contributed by atoms with E-state index in [9.17, 15) is 13.2 Å². The molecular weight excluding hydrogens is 384 g/mol. The van der Waals surface area contributed by atoms with Crippen molar-refractivity contribution in [3.63, 3.8) is 0 Å². The minimum atomic E-state index is -3.49. The number of amides is 1. The molecule has 0 saturated carbocycles. The van der Waals surface area contributed by atoms with Crippen LogP contribution < -0.4 is 5.32 Å². The first-order chi connectivity index (χ1) is 12.0. The summed E-state index contributed by atoms with van der Waals surface area (Å²) < 4.78 is 32.0. The van der Waals surface area contributed by atoms with Gasteiger partial charge in [-0.2, -0.15) is 4.31 Å². The van der Waals surface area contributed by atoms with Crippen LogP contribution >= 0.6 is 22.9 Å². The smallest absolute Gasteiger partial charge is 0.252 e. The van der Waals surface area contributed by atoms with Gasteiger partial charge in [0, 0.05) is 28.6 Å². The molecule has 1 N–H and O–H groups in total. The van der Waals surface area contributed by atoms with Crippen molar-refractivity contribution in [2.24, 2.45) is 0 Å². The Kier molecular flexibility index (Phi) is 5.75. The van der Waals surface area contributed by atoms with Crippen molar-refractivity contribution in [1.29, 1.82) is 0 Å². The lowest BCUT2D eigenvalue weighted by Crippen LogP contribution is -2.40. The minimum Gasteiger partial charge on any atom is -0.379 e. The Balaban J connectivity index is 1.63. The Bertz CT molecular complexity index is 843. The molecule has 0 spiro atoms. The molecule has 25 heavy (non-hydrogen) atoms. The maximum Gasteiger partial charge on any atom is 0.252 e. The van der Waals surface area contributed by atoms with E-state index < -0.39 is 10.0 Å². The molecule has 0 aliphatic carbocycles. The Hall–Kier alpha value is -1.45. The van der Waals surface area contributed by atoms with E-state index in [0.29, 0.717) is 36.9 Å². The third kappa shape index (κ3) is 4.39. The van der Waals surface area contributed by atoms with E-state index >= 15 is 0 Å². The number of carbonyl (C=O) groups is 1. The normalized spacial score (nSPS) is 15.9. The highest BCUT2D eigenvalue weighted by Crippen LogP contribution is 2.25. The molecular formula is C16H17ClN2O4S2. The molecule has 1 aromatic carbocycles. The molecule has 6 nitrogen and oxygen atoms in total. The minimum absolute atomic E-state index is 0.234. The molecule has 1 aliphatic rings. The zero-order chi connectivity index (χ0) is 17.9. The molecule has 134 valence electrons. The van der Waals surface area contributed by atoms with Crippen LogP contribution in [-0.2, 0) is 21.3 Å². The van der Waals surface area contributed by atoms with Crippen molar-refractivity contribution >= 4 is 38.9 Å². The molecule has 2 heterocycles. The predicted molar refractivity (Wildman–Crippen MR) is 96.5 cm³/mol. The fourth-order valence-electron chi connectivity index (χ4n) is 2.38. The second-order valence-electron chi connectivity index (χ2n) is 5.43. The highest BCUT2D eigenvalue weighted by Gasteiger charge is 2.27. The molecule has 1 aliphatic heterocycles. The van der Waals surface area contributed by atoms with Gasteiger partial charge in [-0.05, 0) is 36.4 Å². The van der Waals surface area contributed by atoms with Crippen LogP contribution in [0.4, 0.5) is 0 Å². The lowest BCUT2D eigenvalue weighted by atomic mass is 10.2. The van der Waals surface area contributed by atoms with E-state index in [4.69, 9.17) is 16.3 Å². The number of hydrogen-bond acceptors (Lipinski definition) is 5. The Morgan fingerprint density at radius 3 is 2.52 bits per heavy atom. The highest BCUT2D eigenvalue weighted by molar-refractivity contribution is 7.91. The van der Waals surface area contributed by atoms with Gasteiger partial charge in [-0.15, -0.1) is 11.3 Å².